The van der Waals surface area contributed by atoms with Gasteiger partial charge in [-0.1, -0.05) is 29.3 Å². The molecule has 0 heterocycles. The van der Waals surface area contributed by atoms with Crippen molar-refractivity contribution in [1.82, 2.24) is 10.2 Å². The summed E-state index contributed by atoms with van der Waals surface area (Å²) in [6.45, 7) is 4.18. The first-order valence-electron chi connectivity index (χ1n) is 11.0. The van der Waals surface area contributed by atoms with Gasteiger partial charge in [0.25, 0.3) is 5.69 Å². The van der Waals surface area contributed by atoms with E-state index in [0.29, 0.717) is 14.9 Å². The number of non-ortho nitro benzene ring substituents is 1. The highest BCUT2D eigenvalue weighted by Gasteiger charge is 2.32. The average Bonchev–Trinajstić information content (AvgIpc) is 2.80. The van der Waals surface area contributed by atoms with E-state index in [4.69, 9.17) is 27.9 Å². The molecule has 0 aromatic heterocycles. The summed E-state index contributed by atoms with van der Waals surface area (Å²) in [6, 6.07) is 6.88. The van der Waals surface area contributed by atoms with E-state index in [1.54, 1.807) is 19.9 Å². The number of sulfonamides is 1. The molecule has 0 saturated carbocycles. The number of hydrogen-bond donors (Lipinski definition) is 1. The summed E-state index contributed by atoms with van der Waals surface area (Å²) in [7, 11) is -2.86. The van der Waals surface area contributed by atoms with Gasteiger partial charge in [0.2, 0.25) is 21.8 Å². The molecule has 1 N–H and O–H groups in total. The standard InChI is InChI=1S/C23H28Cl2N4O7S/c1-14(2)26-23(31)15(3)27(12-16-6-8-18(24)19(25)10-16)22(30)13-28(37(5,34)35)20-11-17(29(32)33)7-9-21(20)36-4/h6-11,14-15H,12-13H2,1-5H3,(H,26,31). The highest BCUT2D eigenvalue weighted by atomic mass is 35.5. The summed E-state index contributed by atoms with van der Waals surface area (Å²) in [5, 5.41) is 14.6. The van der Waals surface area contributed by atoms with Crippen LogP contribution in [-0.4, -0.2) is 62.0 Å². The number of amides is 2. The second-order valence-electron chi connectivity index (χ2n) is 8.49. The fourth-order valence-electron chi connectivity index (χ4n) is 3.40. The van der Waals surface area contributed by atoms with Crippen LogP contribution in [0.1, 0.15) is 26.3 Å². The lowest BCUT2D eigenvalue weighted by Crippen LogP contribution is -2.52. The van der Waals surface area contributed by atoms with E-state index in [-0.39, 0.29) is 29.0 Å². The van der Waals surface area contributed by atoms with Crippen molar-refractivity contribution in [3.63, 3.8) is 0 Å². The molecular formula is C23H28Cl2N4O7S. The predicted molar refractivity (Wildman–Crippen MR) is 142 cm³/mol. The summed E-state index contributed by atoms with van der Waals surface area (Å²) in [5.41, 5.74) is -0.0404. The second kappa shape index (κ2) is 12.4. The third-order valence-corrected chi connectivity index (χ3v) is 7.12. The fourth-order valence-corrected chi connectivity index (χ4v) is 4.57. The molecule has 14 heteroatoms. The number of methoxy groups -OCH3 is 1. The van der Waals surface area contributed by atoms with Gasteiger partial charge in [-0.2, -0.15) is 0 Å². The summed E-state index contributed by atoms with van der Waals surface area (Å²) >= 11 is 12.1. The van der Waals surface area contributed by atoms with Crippen LogP contribution in [0.2, 0.25) is 10.0 Å². The Balaban J connectivity index is 2.54. The number of nitrogens with zero attached hydrogens (tertiary/aromatic N) is 3. The number of benzene rings is 2. The van der Waals surface area contributed by atoms with Gasteiger partial charge in [-0.25, -0.2) is 8.42 Å². The molecule has 0 aliphatic rings. The first-order valence-corrected chi connectivity index (χ1v) is 13.6. The Bertz CT molecular complexity index is 1290. The molecule has 0 aliphatic heterocycles. The molecule has 2 aromatic carbocycles. The Morgan fingerprint density at radius 2 is 1.76 bits per heavy atom. The quantitative estimate of drug-likeness (QED) is 0.319. The van der Waals surface area contributed by atoms with Crippen molar-refractivity contribution in [2.45, 2.75) is 39.4 Å². The normalized spacial score (nSPS) is 12.1. The third kappa shape index (κ3) is 7.94. The van der Waals surface area contributed by atoms with E-state index in [0.717, 1.165) is 18.4 Å². The molecule has 0 radical (unpaired) electrons. The Kier molecular flexibility index (Phi) is 10.1. The van der Waals surface area contributed by atoms with Crippen LogP contribution in [0.5, 0.6) is 5.75 Å². The molecule has 0 fully saturated rings. The first kappa shape index (κ1) is 30.1. The number of carbonyl (C=O) groups excluding carboxylic acids is 2. The van der Waals surface area contributed by atoms with E-state index in [9.17, 15) is 28.1 Å². The molecule has 0 aliphatic carbocycles. The van der Waals surface area contributed by atoms with Crippen LogP contribution in [0.15, 0.2) is 36.4 Å². The lowest BCUT2D eigenvalue weighted by Gasteiger charge is -2.32. The monoisotopic (exact) mass is 574 g/mol. The van der Waals surface area contributed by atoms with Crippen LogP contribution in [0.4, 0.5) is 11.4 Å². The van der Waals surface area contributed by atoms with Crippen molar-refractivity contribution in [2.24, 2.45) is 0 Å². The smallest absolute Gasteiger partial charge is 0.271 e. The minimum absolute atomic E-state index is 0.00505. The van der Waals surface area contributed by atoms with E-state index in [2.05, 4.69) is 5.32 Å². The molecule has 2 aromatic rings. The van der Waals surface area contributed by atoms with Crippen molar-refractivity contribution in [1.29, 1.82) is 0 Å². The lowest BCUT2D eigenvalue weighted by atomic mass is 10.1. The van der Waals surface area contributed by atoms with Gasteiger partial charge in [-0.3, -0.25) is 24.0 Å². The molecule has 202 valence electrons. The Morgan fingerprint density at radius 1 is 1.11 bits per heavy atom. The molecule has 2 rings (SSSR count). The zero-order chi connectivity index (χ0) is 28.1. The van der Waals surface area contributed by atoms with Gasteiger partial charge in [0.1, 0.15) is 24.0 Å². The van der Waals surface area contributed by atoms with Gasteiger partial charge in [0, 0.05) is 24.7 Å². The van der Waals surface area contributed by atoms with Crippen molar-refractivity contribution < 1.29 is 27.7 Å². The maximum Gasteiger partial charge on any atom is 0.271 e. The predicted octanol–water partition coefficient (Wildman–Crippen LogP) is 3.62. The highest BCUT2D eigenvalue weighted by Crippen LogP contribution is 2.34. The van der Waals surface area contributed by atoms with Gasteiger partial charge >= 0.3 is 0 Å². The number of hydrogen-bond acceptors (Lipinski definition) is 7. The second-order valence-corrected chi connectivity index (χ2v) is 11.2. The lowest BCUT2D eigenvalue weighted by molar-refractivity contribution is -0.384. The van der Waals surface area contributed by atoms with Gasteiger partial charge in [-0.05, 0) is 44.5 Å². The molecular weight excluding hydrogens is 547 g/mol. The van der Waals surface area contributed by atoms with Crippen LogP contribution in [0.3, 0.4) is 0 Å². The molecule has 11 nitrogen and oxygen atoms in total. The van der Waals surface area contributed by atoms with Crippen molar-refractivity contribution in [2.75, 3.05) is 24.2 Å². The topological polar surface area (TPSA) is 139 Å². The van der Waals surface area contributed by atoms with E-state index in [1.165, 1.54) is 37.1 Å². The number of rotatable bonds is 11. The molecule has 0 spiro atoms. The van der Waals surface area contributed by atoms with Crippen LogP contribution < -0.4 is 14.4 Å². The number of carbonyl (C=O) groups is 2. The number of nitrogens with one attached hydrogen (secondary N) is 1. The third-order valence-electron chi connectivity index (χ3n) is 5.26. The van der Waals surface area contributed by atoms with Crippen LogP contribution in [0, 0.1) is 10.1 Å². The minimum atomic E-state index is -4.13. The Morgan fingerprint density at radius 3 is 2.27 bits per heavy atom. The van der Waals surface area contributed by atoms with Gasteiger partial charge in [-0.15, -0.1) is 0 Å². The maximum absolute atomic E-state index is 13.6. The Hall–Kier alpha value is -3.09. The van der Waals surface area contributed by atoms with E-state index >= 15 is 0 Å². The van der Waals surface area contributed by atoms with Crippen molar-refractivity contribution >= 4 is 56.4 Å². The molecule has 1 atom stereocenters. The van der Waals surface area contributed by atoms with Crippen molar-refractivity contribution in [3.05, 3.63) is 62.1 Å². The minimum Gasteiger partial charge on any atom is -0.495 e. The summed E-state index contributed by atoms with van der Waals surface area (Å²) in [4.78, 5) is 38.2. The number of halogens is 2. The van der Waals surface area contributed by atoms with Crippen molar-refractivity contribution in [3.8, 4) is 5.75 Å². The fraction of sp³-hybridized carbons (Fsp3) is 0.391. The first-order chi connectivity index (χ1) is 17.1. The molecule has 1 unspecified atom stereocenters. The molecule has 2 amide bonds. The van der Waals surface area contributed by atoms with Crippen LogP contribution in [-0.2, 0) is 26.2 Å². The number of nitro groups is 1. The van der Waals surface area contributed by atoms with E-state index < -0.39 is 45.0 Å². The zero-order valence-corrected chi connectivity index (χ0v) is 23.2. The van der Waals surface area contributed by atoms with Crippen LogP contribution in [0.25, 0.3) is 0 Å². The van der Waals surface area contributed by atoms with E-state index in [1.807, 2.05) is 0 Å². The number of ether oxygens (including phenoxy) is 1. The summed E-state index contributed by atoms with van der Waals surface area (Å²) in [6.07, 6.45) is 0.858. The molecule has 0 bridgehead atoms. The summed E-state index contributed by atoms with van der Waals surface area (Å²) in [5.74, 6) is -1.19. The molecule has 0 saturated heterocycles. The SMILES string of the molecule is COc1ccc([N+](=O)[O-])cc1N(CC(=O)N(Cc1ccc(Cl)c(Cl)c1)C(C)C(=O)NC(C)C)S(C)(=O)=O. The zero-order valence-electron chi connectivity index (χ0n) is 20.9. The average molecular weight is 575 g/mol. The van der Waals surface area contributed by atoms with Gasteiger partial charge < -0.3 is 15.0 Å². The number of anilines is 1. The maximum atomic E-state index is 13.6. The molecule has 37 heavy (non-hydrogen) atoms. The highest BCUT2D eigenvalue weighted by molar-refractivity contribution is 7.92. The van der Waals surface area contributed by atoms with Gasteiger partial charge in [0.05, 0.1) is 28.3 Å². The Labute approximate surface area is 225 Å². The summed E-state index contributed by atoms with van der Waals surface area (Å²) < 4.78 is 31.4. The van der Waals surface area contributed by atoms with Gasteiger partial charge in [0.15, 0.2) is 0 Å². The van der Waals surface area contributed by atoms with Crippen LogP contribution >= 0.6 is 23.2 Å². The number of nitro benzene ring substituents is 1. The largest absolute Gasteiger partial charge is 0.495 e.